The highest BCUT2D eigenvalue weighted by atomic mass is 79.9. The first-order chi connectivity index (χ1) is 8.79. The lowest BCUT2D eigenvalue weighted by atomic mass is 9.94. The van der Waals surface area contributed by atoms with Gasteiger partial charge in [0.05, 0.1) is 0 Å². The predicted molar refractivity (Wildman–Crippen MR) is 80.7 cm³/mol. The molecule has 1 N–H and O–H groups in total. The van der Waals surface area contributed by atoms with Gasteiger partial charge in [-0.1, -0.05) is 15.9 Å². The summed E-state index contributed by atoms with van der Waals surface area (Å²) in [5.74, 6) is -0.467. The van der Waals surface area contributed by atoms with E-state index in [2.05, 4.69) is 59.8 Å². The number of halogens is 1. The molecule has 3 nitrogen and oxygen atoms in total. The summed E-state index contributed by atoms with van der Waals surface area (Å²) in [4.78, 5) is 13.2. The Labute approximate surface area is 122 Å². The van der Waals surface area contributed by atoms with E-state index in [1.54, 1.807) is 0 Å². The van der Waals surface area contributed by atoms with E-state index in [1.165, 1.54) is 11.3 Å². The van der Waals surface area contributed by atoms with E-state index >= 15 is 0 Å². The van der Waals surface area contributed by atoms with E-state index in [0.717, 1.165) is 17.4 Å². The second-order valence-electron chi connectivity index (χ2n) is 6.02. The second-order valence-corrected chi connectivity index (χ2v) is 6.88. The van der Waals surface area contributed by atoms with Crippen molar-refractivity contribution in [1.82, 2.24) is 0 Å². The van der Waals surface area contributed by atoms with Gasteiger partial charge in [0.15, 0.2) is 0 Å². The van der Waals surface area contributed by atoms with Crippen molar-refractivity contribution in [2.45, 2.75) is 39.2 Å². The van der Waals surface area contributed by atoms with Crippen LogP contribution in [-0.4, -0.2) is 23.2 Å². The number of hydrogen-bond acceptors (Lipinski definition) is 2. The molecular weight excluding hydrogens is 306 g/mol. The fourth-order valence-electron chi connectivity index (χ4n) is 3.02. The minimum absolute atomic E-state index is 0.0143. The zero-order chi connectivity index (χ0) is 14.2. The molecule has 4 heteroatoms. The summed E-state index contributed by atoms with van der Waals surface area (Å²) in [7, 11) is 0. The van der Waals surface area contributed by atoms with Crippen molar-refractivity contribution in [2.24, 2.45) is 5.92 Å². The van der Waals surface area contributed by atoms with Crippen LogP contribution >= 0.6 is 15.9 Å². The van der Waals surface area contributed by atoms with Crippen LogP contribution in [0.4, 0.5) is 5.69 Å². The Bertz CT molecular complexity index is 499. The van der Waals surface area contributed by atoms with Crippen LogP contribution in [0.3, 0.4) is 0 Å². The molecule has 1 aliphatic heterocycles. The normalized spacial score (nSPS) is 21.7. The lowest BCUT2D eigenvalue weighted by Gasteiger charge is -2.34. The highest BCUT2D eigenvalue weighted by Gasteiger charge is 2.39. The Morgan fingerprint density at radius 2 is 2.21 bits per heavy atom. The fraction of sp³-hybridized carbons (Fsp3) is 0.533. The molecule has 1 aromatic carbocycles. The lowest BCUT2D eigenvalue weighted by molar-refractivity contribution is -0.137. The van der Waals surface area contributed by atoms with Crippen LogP contribution < -0.4 is 4.90 Å². The van der Waals surface area contributed by atoms with Crippen molar-refractivity contribution in [2.75, 3.05) is 11.4 Å². The highest BCUT2D eigenvalue weighted by molar-refractivity contribution is 9.10. The standard InChI is InChI=1S/C15H20BrNO2/c1-10-6-12(4-5-13(10)16)17-9-11(7-14(18)19)8-15(17,2)3/h4-6,11H,7-9H2,1-3H3,(H,18,19). The van der Waals surface area contributed by atoms with Crippen molar-refractivity contribution >= 4 is 27.6 Å². The summed E-state index contributed by atoms with van der Waals surface area (Å²) in [5.41, 5.74) is 2.40. The molecule has 104 valence electrons. The van der Waals surface area contributed by atoms with Gasteiger partial charge in [-0.15, -0.1) is 0 Å². The number of aryl methyl sites for hydroxylation is 1. The maximum Gasteiger partial charge on any atom is 0.303 e. The SMILES string of the molecule is Cc1cc(N2CC(CC(=O)O)CC2(C)C)ccc1Br. The van der Waals surface area contributed by atoms with Crippen LogP contribution in [0, 0.1) is 12.8 Å². The van der Waals surface area contributed by atoms with Gasteiger partial charge >= 0.3 is 5.97 Å². The quantitative estimate of drug-likeness (QED) is 0.917. The molecule has 1 unspecified atom stereocenters. The Morgan fingerprint density at radius 1 is 1.53 bits per heavy atom. The first-order valence-corrected chi connectivity index (χ1v) is 7.34. The fourth-order valence-corrected chi connectivity index (χ4v) is 3.27. The number of benzene rings is 1. The molecule has 0 aromatic heterocycles. The Hall–Kier alpha value is -1.03. The summed E-state index contributed by atoms with van der Waals surface area (Å²) in [5, 5.41) is 8.96. The van der Waals surface area contributed by atoms with Crippen molar-refractivity contribution in [3.63, 3.8) is 0 Å². The molecule has 1 atom stereocenters. The summed E-state index contributed by atoms with van der Waals surface area (Å²) in [6.07, 6.45) is 1.18. The number of anilines is 1. The molecule has 0 bridgehead atoms. The van der Waals surface area contributed by atoms with Crippen LogP contribution in [0.25, 0.3) is 0 Å². The zero-order valence-corrected chi connectivity index (χ0v) is 13.2. The van der Waals surface area contributed by atoms with Gasteiger partial charge < -0.3 is 10.0 Å². The number of hydrogen-bond donors (Lipinski definition) is 1. The second kappa shape index (κ2) is 5.16. The first-order valence-electron chi connectivity index (χ1n) is 6.55. The molecule has 1 aromatic rings. The van der Waals surface area contributed by atoms with E-state index in [0.29, 0.717) is 0 Å². The number of carboxylic acid groups (broad SMARTS) is 1. The predicted octanol–water partition coefficient (Wildman–Crippen LogP) is 3.84. The summed E-state index contributed by atoms with van der Waals surface area (Å²) in [6, 6.07) is 6.32. The van der Waals surface area contributed by atoms with Gasteiger partial charge in [0, 0.05) is 28.7 Å². The Morgan fingerprint density at radius 3 is 2.79 bits per heavy atom. The zero-order valence-electron chi connectivity index (χ0n) is 11.6. The minimum atomic E-state index is -0.699. The number of carbonyl (C=O) groups is 1. The van der Waals surface area contributed by atoms with Crippen molar-refractivity contribution in [1.29, 1.82) is 0 Å². The summed E-state index contributed by atoms with van der Waals surface area (Å²) in [6.45, 7) is 7.27. The van der Waals surface area contributed by atoms with E-state index in [9.17, 15) is 4.79 Å². The average Bonchev–Trinajstić information content (AvgIpc) is 2.56. The van der Waals surface area contributed by atoms with Gasteiger partial charge in [-0.05, 0) is 56.9 Å². The third-order valence-corrected chi connectivity index (χ3v) is 4.77. The topological polar surface area (TPSA) is 40.5 Å². The minimum Gasteiger partial charge on any atom is -0.481 e. The number of nitrogens with zero attached hydrogens (tertiary/aromatic N) is 1. The molecule has 0 radical (unpaired) electrons. The first kappa shape index (κ1) is 14.4. The number of aliphatic carboxylic acids is 1. The highest BCUT2D eigenvalue weighted by Crippen LogP contribution is 2.39. The smallest absolute Gasteiger partial charge is 0.303 e. The Balaban J connectivity index is 2.23. The van der Waals surface area contributed by atoms with Crippen LogP contribution in [0.15, 0.2) is 22.7 Å². The van der Waals surface area contributed by atoms with Crippen LogP contribution in [0.1, 0.15) is 32.3 Å². The molecule has 0 spiro atoms. The van der Waals surface area contributed by atoms with E-state index in [-0.39, 0.29) is 17.9 Å². The van der Waals surface area contributed by atoms with Gasteiger partial charge in [0.1, 0.15) is 0 Å². The summed E-state index contributed by atoms with van der Waals surface area (Å²) < 4.78 is 1.11. The van der Waals surface area contributed by atoms with Crippen LogP contribution in [0.2, 0.25) is 0 Å². The maximum absolute atomic E-state index is 10.9. The molecule has 1 saturated heterocycles. The van der Waals surface area contributed by atoms with E-state index in [4.69, 9.17) is 5.11 Å². The third kappa shape index (κ3) is 3.11. The Kier molecular flexibility index (Phi) is 3.90. The third-order valence-electron chi connectivity index (χ3n) is 3.88. The van der Waals surface area contributed by atoms with Gasteiger partial charge in [-0.2, -0.15) is 0 Å². The summed E-state index contributed by atoms with van der Waals surface area (Å²) >= 11 is 3.51. The molecule has 2 rings (SSSR count). The van der Waals surface area contributed by atoms with Crippen LogP contribution in [-0.2, 0) is 4.79 Å². The molecule has 1 heterocycles. The molecule has 19 heavy (non-hydrogen) atoms. The van der Waals surface area contributed by atoms with Gasteiger partial charge in [0.2, 0.25) is 0 Å². The number of rotatable bonds is 3. The largest absolute Gasteiger partial charge is 0.481 e. The van der Waals surface area contributed by atoms with Crippen LogP contribution in [0.5, 0.6) is 0 Å². The lowest BCUT2D eigenvalue weighted by Crippen LogP contribution is -2.38. The maximum atomic E-state index is 10.9. The van der Waals surface area contributed by atoms with Gasteiger partial charge in [-0.3, -0.25) is 4.79 Å². The van der Waals surface area contributed by atoms with Crippen molar-refractivity contribution < 1.29 is 9.90 Å². The van der Waals surface area contributed by atoms with E-state index < -0.39 is 5.97 Å². The molecule has 0 amide bonds. The van der Waals surface area contributed by atoms with Gasteiger partial charge in [-0.25, -0.2) is 0 Å². The van der Waals surface area contributed by atoms with Crippen molar-refractivity contribution in [3.05, 3.63) is 28.2 Å². The van der Waals surface area contributed by atoms with Crippen molar-refractivity contribution in [3.8, 4) is 0 Å². The van der Waals surface area contributed by atoms with E-state index in [1.807, 2.05) is 0 Å². The molecule has 1 aliphatic rings. The molecule has 0 aliphatic carbocycles. The number of carboxylic acids is 1. The molecular formula is C15H20BrNO2. The molecule has 0 saturated carbocycles. The molecule has 1 fully saturated rings. The monoisotopic (exact) mass is 325 g/mol. The van der Waals surface area contributed by atoms with Gasteiger partial charge in [0.25, 0.3) is 0 Å². The average molecular weight is 326 g/mol.